The lowest BCUT2D eigenvalue weighted by Gasteiger charge is -2.11. The summed E-state index contributed by atoms with van der Waals surface area (Å²) in [5.74, 6) is 0. The van der Waals surface area contributed by atoms with Crippen LogP contribution in [0.25, 0.3) is 0 Å². The molecule has 56 valence electrons. The summed E-state index contributed by atoms with van der Waals surface area (Å²) in [5, 5.41) is 0. The van der Waals surface area contributed by atoms with Crippen molar-refractivity contribution in [2.24, 2.45) is 0 Å². The van der Waals surface area contributed by atoms with Gasteiger partial charge in [0.1, 0.15) is 0 Å². The van der Waals surface area contributed by atoms with Crippen molar-refractivity contribution in [3.8, 4) is 0 Å². The number of allylic oxidation sites excluding steroid dienone is 4. The molecule has 0 aromatic rings. The summed E-state index contributed by atoms with van der Waals surface area (Å²) < 4.78 is 0. The Morgan fingerprint density at radius 2 is 2.30 bits per heavy atom. The van der Waals surface area contributed by atoms with Crippen molar-refractivity contribution in [1.82, 2.24) is 0 Å². The van der Waals surface area contributed by atoms with Crippen LogP contribution in [0.5, 0.6) is 0 Å². The van der Waals surface area contributed by atoms with Gasteiger partial charge in [-0.3, -0.25) is 0 Å². The van der Waals surface area contributed by atoms with Gasteiger partial charge in [0.15, 0.2) is 0 Å². The molecule has 0 bridgehead atoms. The van der Waals surface area contributed by atoms with Crippen molar-refractivity contribution in [3.05, 3.63) is 23.3 Å². The van der Waals surface area contributed by atoms with Gasteiger partial charge in [-0.1, -0.05) is 30.2 Å². The van der Waals surface area contributed by atoms with Crippen LogP contribution in [-0.4, -0.2) is 0 Å². The second-order valence-electron chi connectivity index (χ2n) is 3.03. The van der Waals surface area contributed by atoms with E-state index in [4.69, 9.17) is 0 Å². The first-order valence-corrected chi connectivity index (χ1v) is 4.16. The molecule has 1 aliphatic rings. The fourth-order valence-corrected chi connectivity index (χ4v) is 1.34. The fourth-order valence-electron chi connectivity index (χ4n) is 1.34. The fraction of sp³-hybridized carbons (Fsp3) is 0.600. The van der Waals surface area contributed by atoms with Crippen molar-refractivity contribution >= 4 is 0 Å². The Morgan fingerprint density at radius 1 is 1.50 bits per heavy atom. The van der Waals surface area contributed by atoms with E-state index in [1.807, 2.05) is 0 Å². The highest BCUT2D eigenvalue weighted by molar-refractivity contribution is 5.17. The zero-order valence-electron chi connectivity index (χ0n) is 6.98. The molecule has 0 saturated carbocycles. The molecule has 0 aromatic heterocycles. The summed E-state index contributed by atoms with van der Waals surface area (Å²) in [6, 6.07) is 0. The van der Waals surface area contributed by atoms with E-state index in [9.17, 15) is 0 Å². The Hall–Kier alpha value is -0.520. The van der Waals surface area contributed by atoms with E-state index in [0.717, 1.165) is 0 Å². The Labute approximate surface area is 63.6 Å². The molecule has 1 rings (SSSR count). The molecule has 0 unspecified atom stereocenters. The first-order chi connectivity index (χ1) is 4.83. The summed E-state index contributed by atoms with van der Waals surface area (Å²) in [6.07, 6.45) is 9.71. The van der Waals surface area contributed by atoms with Crippen LogP contribution < -0.4 is 0 Å². The first kappa shape index (κ1) is 7.59. The van der Waals surface area contributed by atoms with Crippen LogP contribution in [0.3, 0.4) is 0 Å². The SMILES string of the molecule is CCC=C1CC=C(C)CC1. The van der Waals surface area contributed by atoms with Gasteiger partial charge in [-0.05, 0) is 32.6 Å². The predicted molar refractivity (Wildman–Crippen MR) is 46.0 cm³/mol. The molecule has 0 heteroatoms. The van der Waals surface area contributed by atoms with E-state index in [2.05, 4.69) is 26.0 Å². The van der Waals surface area contributed by atoms with E-state index in [0.29, 0.717) is 0 Å². The maximum absolute atomic E-state index is 2.36. The molecule has 0 N–H and O–H groups in total. The molecule has 10 heavy (non-hydrogen) atoms. The van der Waals surface area contributed by atoms with Gasteiger partial charge < -0.3 is 0 Å². The predicted octanol–water partition coefficient (Wildman–Crippen LogP) is 3.45. The summed E-state index contributed by atoms with van der Waals surface area (Å²) in [5.41, 5.74) is 3.20. The monoisotopic (exact) mass is 136 g/mol. The Balaban J connectivity index is 2.49. The quantitative estimate of drug-likeness (QED) is 0.484. The van der Waals surface area contributed by atoms with Crippen molar-refractivity contribution in [2.75, 3.05) is 0 Å². The standard InChI is InChI=1S/C10H16/c1-3-4-10-7-5-9(2)6-8-10/h4-5H,3,6-8H2,1-2H3. The highest BCUT2D eigenvalue weighted by Crippen LogP contribution is 2.22. The molecule has 0 spiro atoms. The lowest BCUT2D eigenvalue weighted by molar-refractivity contribution is 0.841. The zero-order valence-corrected chi connectivity index (χ0v) is 6.98. The highest BCUT2D eigenvalue weighted by Gasteiger charge is 2.02. The molecular formula is C10H16. The van der Waals surface area contributed by atoms with Crippen LogP contribution in [0.1, 0.15) is 39.5 Å². The average molecular weight is 136 g/mol. The Morgan fingerprint density at radius 3 is 2.80 bits per heavy atom. The first-order valence-electron chi connectivity index (χ1n) is 4.16. The number of rotatable bonds is 1. The molecule has 0 amide bonds. The minimum absolute atomic E-state index is 1.20. The zero-order chi connectivity index (χ0) is 7.40. The lowest BCUT2D eigenvalue weighted by atomic mass is 9.95. The summed E-state index contributed by atoms with van der Waals surface area (Å²) in [4.78, 5) is 0. The summed E-state index contributed by atoms with van der Waals surface area (Å²) in [6.45, 7) is 4.43. The van der Waals surface area contributed by atoms with Gasteiger partial charge in [0.2, 0.25) is 0 Å². The smallest absolute Gasteiger partial charge is 0.0136 e. The normalized spacial score (nSPS) is 23.0. The van der Waals surface area contributed by atoms with Gasteiger partial charge in [0.25, 0.3) is 0 Å². The molecule has 0 aliphatic heterocycles. The maximum Gasteiger partial charge on any atom is -0.0136 e. The molecule has 0 heterocycles. The average Bonchev–Trinajstić information content (AvgIpc) is 1.95. The van der Waals surface area contributed by atoms with Crippen LogP contribution >= 0.6 is 0 Å². The second-order valence-corrected chi connectivity index (χ2v) is 3.03. The van der Waals surface area contributed by atoms with Gasteiger partial charge in [-0.2, -0.15) is 0 Å². The molecule has 0 atom stereocenters. The van der Waals surface area contributed by atoms with E-state index < -0.39 is 0 Å². The third kappa shape index (κ3) is 2.02. The maximum atomic E-state index is 2.36. The van der Waals surface area contributed by atoms with Crippen molar-refractivity contribution < 1.29 is 0 Å². The van der Waals surface area contributed by atoms with Crippen LogP contribution in [-0.2, 0) is 0 Å². The number of hydrogen-bond donors (Lipinski definition) is 0. The van der Waals surface area contributed by atoms with Gasteiger partial charge in [0.05, 0.1) is 0 Å². The van der Waals surface area contributed by atoms with E-state index in [1.165, 1.54) is 25.7 Å². The van der Waals surface area contributed by atoms with E-state index in [1.54, 1.807) is 11.1 Å². The van der Waals surface area contributed by atoms with E-state index >= 15 is 0 Å². The summed E-state index contributed by atoms with van der Waals surface area (Å²) >= 11 is 0. The molecule has 0 fully saturated rings. The van der Waals surface area contributed by atoms with Crippen LogP contribution in [0, 0.1) is 0 Å². The van der Waals surface area contributed by atoms with Gasteiger partial charge in [-0.25, -0.2) is 0 Å². The molecule has 0 aromatic carbocycles. The Kier molecular flexibility index (Phi) is 2.73. The topological polar surface area (TPSA) is 0 Å². The minimum atomic E-state index is 1.20. The molecule has 1 aliphatic carbocycles. The highest BCUT2D eigenvalue weighted by atomic mass is 14.1. The molecular weight excluding hydrogens is 120 g/mol. The van der Waals surface area contributed by atoms with Crippen LogP contribution in [0.15, 0.2) is 23.3 Å². The third-order valence-corrected chi connectivity index (χ3v) is 2.05. The van der Waals surface area contributed by atoms with Crippen molar-refractivity contribution in [1.29, 1.82) is 0 Å². The van der Waals surface area contributed by atoms with Gasteiger partial charge in [0, 0.05) is 0 Å². The van der Waals surface area contributed by atoms with Crippen molar-refractivity contribution in [2.45, 2.75) is 39.5 Å². The lowest BCUT2D eigenvalue weighted by Crippen LogP contribution is -1.91. The summed E-state index contributed by atoms with van der Waals surface area (Å²) in [7, 11) is 0. The molecule has 0 saturated heterocycles. The largest absolute Gasteiger partial charge is 0.0853 e. The van der Waals surface area contributed by atoms with Gasteiger partial charge in [-0.15, -0.1) is 0 Å². The Bertz CT molecular complexity index is 161. The second kappa shape index (κ2) is 3.60. The van der Waals surface area contributed by atoms with Crippen LogP contribution in [0.4, 0.5) is 0 Å². The number of hydrogen-bond acceptors (Lipinski definition) is 0. The third-order valence-electron chi connectivity index (χ3n) is 2.05. The molecule has 0 nitrogen and oxygen atoms in total. The van der Waals surface area contributed by atoms with Crippen LogP contribution in [0.2, 0.25) is 0 Å². The van der Waals surface area contributed by atoms with Crippen molar-refractivity contribution in [3.63, 3.8) is 0 Å². The van der Waals surface area contributed by atoms with Gasteiger partial charge >= 0.3 is 0 Å². The molecule has 0 radical (unpaired) electrons. The minimum Gasteiger partial charge on any atom is -0.0853 e. The van der Waals surface area contributed by atoms with E-state index in [-0.39, 0.29) is 0 Å².